The maximum Gasteiger partial charge on any atom is 0.0881 e. The van der Waals surface area contributed by atoms with Crippen molar-refractivity contribution in [1.82, 2.24) is 5.32 Å². The Morgan fingerprint density at radius 2 is 1.86 bits per heavy atom. The van der Waals surface area contributed by atoms with E-state index in [0.717, 1.165) is 45.1 Å². The van der Waals surface area contributed by atoms with Gasteiger partial charge in [-0.05, 0) is 18.8 Å². The van der Waals surface area contributed by atoms with Crippen molar-refractivity contribution in [2.75, 3.05) is 26.4 Å². The van der Waals surface area contributed by atoms with Gasteiger partial charge < -0.3 is 14.8 Å². The lowest BCUT2D eigenvalue weighted by Gasteiger charge is -2.47. The van der Waals surface area contributed by atoms with E-state index >= 15 is 0 Å². The van der Waals surface area contributed by atoms with E-state index in [1.807, 2.05) is 0 Å². The second-order valence-corrected chi connectivity index (χ2v) is 4.79. The highest BCUT2D eigenvalue weighted by atomic mass is 16.5. The number of rotatable bonds is 1. The molecule has 1 atom stereocenters. The zero-order valence-electron chi connectivity index (χ0n) is 8.63. The fourth-order valence-corrected chi connectivity index (χ4v) is 2.94. The molecule has 1 unspecified atom stereocenters. The first-order valence-electron chi connectivity index (χ1n) is 5.86. The molecular weight excluding hydrogens is 178 g/mol. The summed E-state index contributed by atoms with van der Waals surface area (Å²) in [6.07, 6.45) is 4.95. The summed E-state index contributed by atoms with van der Waals surface area (Å²) in [6.45, 7) is 3.67. The van der Waals surface area contributed by atoms with Crippen LogP contribution < -0.4 is 5.32 Å². The summed E-state index contributed by atoms with van der Waals surface area (Å²) >= 11 is 0. The molecule has 80 valence electrons. The van der Waals surface area contributed by atoms with Gasteiger partial charge >= 0.3 is 0 Å². The van der Waals surface area contributed by atoms with Crippen LogP contribution in [0.3, 0.4) is 0 Å². The third kappa shape index (κ3) is 1.47. The minimum atomic E-state index is 0.123. The van der Waals surface area contributed by atoms with Crippen molar-refractivity contribution < 1.29 is 9.47 Å². The molecule has 0 amide bonds. The highest BCUT2D eigenvalue weighted by Crippen LogP contribution is 2.43. The second-order valence-electron chi connectivity index (χ2n) is 4.79. The molecule has 1 spiro atoms. The molecule has 0 aromatic rings. The fraction of sp³-hybridized carbons (Fsp3) is 1.00. The Bertz CT molecular complexity index is 201. The molecule has 0 aromatic carbocycles. The second kappa shape index (κ2) is 3.47. The van der Waals surface area contributed by atoms with Gasteiger partial charge in [-0.1, -0.05) is 0 Å². The molecule has 2 saturated heterocycles. The summed E-state index contributed by atoms with van der Waals surface area (Å²) in [5, 5.41) is 3.66. The number of morpholine rings is 1. The van der Waals surface area contributed by atoms with Gasteiger partial charge in [-0.3, -0.25) is 0 Å². The van der Waals surface area contributed by atoms with Crippen LogP contribution in [0.25, 0.3) is 0 Å². The number of ether oxygens (including phenoxy) is 2. The van der Waals surface area contributed by atoms with Gasteiger partial charge in [0.15, 0.2) is 0 Å². The molecule has 1 N–H and O–H groups in total. The topological polar surface area (TPSA) is 30.5 Å². The van der Waals surface area contributed by atoms with Crippen molar-refractivity contribution >= 4 is 0 Å². The summed E-state index contributed by atoms with van der Waals surface area (Å²) in [5.41, 5.74) is 0.123. The Balaban J connectivity index is 1.77. The van der Waals surface area contributed by atoms with Gasteiger partial charge in [0.1, 0.15) is 0 Å². The highest BCUT2D eigenvalue weighted by molar-refractivity contribution is 5.04. The average molecular weight is 197 g/mol. The lowest BCUT2D eigenvalue weighted by Crippen LogP contribution is -2.61. The molecule has 2 heterocycles. The Morgan fingerprint density at radius 3 is 2.57 bits per heavy atom. The Labute approximate surface area is 85.1 Å². The van der Waals surface area contributed by atoms with Gasteiger partial charge in [0.2, 0.25) is 0 Å². The van der Waals surface area contributed by atoms with Crippen LogP contribution in [0.4, 0.5) is 0 Å². The van der Waals surface area contributed by atoms with Crippen LogP contribution in [0, 0.1) is 5.92 Å². The Kier molecular flexibility index (Phi) is 2.26. The lowest BCUT2D eigenvalue weighted by atomic mass is 9.82. The maximum atomic E-state index is 6.08. The summed E-state index contributed by atoms with van der Waals surface area (Å²) in [7, 11) is 0. The van der Waals surface area contributed by atoms with Crippen LogP contribution in [0.1, 0.15) is 25.7 Å². The van der Waals surface area contributed by atoms with Gasteiger partial charge in [0.05, 0.1) is 12.2 Å². The molecule has 3 aliphatic rings. The maximum absolute atomic E-state index is 6.08. The Hall–Kier alpha value is -0.120. The van der Waals surface area contributed by atoms with Crippen LogP contribution in [0.15, 0.2) is 0 Å². The predicted molar refractivity (Wildman–Crippen MR) is 53.3 cm³/mol. The minimum absolute atomic E-state index is 0.123. The van der Waals surface area contributed by atoms with Gasteiger partial charge in [0, 0.05) is 38.6 Å². The SMILES string of the molecule is C1COC2(CCOCC2)C(C2CC2)N1. The fourth-order valence-electron chi connectivity index (χ4n) is 2.94. The van der Waals surface area contributed by atoms with E-state index in [0.29, 0.717) is 6.04 Å². The Morgan fingerprint density at radius 1 is 1.07 bits per heavy atom. The van der Waals surface area contributed by atoms with Crippen LogP contribution in [-0.4, -0.2) is 38.0 Å². The van der Waals surface area contributed by atoms with Gasteiger partial charge in [-0.15, -0.1) is 0 Å². The van der Waals surface area contributed by atoms with Crippen LogP contribution in [0.2, 0.25) is 0 Å². The molecule has 3 nitrogen and oxygen atoms in total. The minimum Gasteiger partial charge on any atom is -0.381 e. The van der Waals surface area contributed by atoms with Gasteiger partial charge in [-0.25, -0.2) is 0 Å². The standard InChI is InChI=1S/C11H19NO2/c1-2-9(1)10-11(14-8-5-12-10)3-6-13-7-4-11/h9-10,12H,1-8H2. The number of nitrogens with one attached hydrogen (secondary N) is 1. The smallest absolute Gasteiger partial charge is 0.0881 e. The average Bonchev–Trinajstić information content (AvgIpc) is 3.03. The van der Waals surface area contributed by atoms with E-state index < -0.39 is 0 Å². The summed E-state index contributed by atoms with van der Waals surface area (Å²) < 4.78 is 11.5. The monoisotopic (exact) mass is 197 g/mol. The van der Waals surface area contributed by atoms with Crippen molar-refractivity contribution in [3.8, 4) is 0 Å². The first-order valence-corrected chi connectivity index (χ1v) is 5.86. The third-order valence-corrected chi connectivity index (χ3v) is 3.86. The van der Waals surface area contributed by atoms with Crippen LogP contribution >= 0.6 is 0 Å². The molecule has 0 radical (unpaired) electrons. The molecule has 3 heteroatoms. The number of hydrogen-bond donors (Lipinski definition) is 1. The molecule has 14 heavy (non-hydrogen) atoms. The zero-order chi connectivity index (χ0) is 9.43. The van der Waals surface area contributed by atoms with E-state index in [1.54, 1.807) is 0 Å². The first-order chi connectivity index (χ1) is 6.91. The summed E-state index contributed by atoms with van der Waals surface area (Å²) in [4.78, 5) is 0. The predicted octanol–water partition coefficient (Wildman–Crippen LogP) is 0.934. The van der Waals surface area contributed by atoms with Gasteiger partial charge in [-0.2, -0.15) is 0 Å². The number of hydrogen-bond acceptors (Lipinski definition) is 3. The molecule has 1 saturated carbocycles. The normalized spacial score (nSPS) is 37.3. The van der Waals surface area contributed by atoms with E-state index in [4.69, 9.17) is 9.47 Å². The van der Waals surface area contributed by atoms with E-state index in [1.165, 1.54) is 12.8 Å². The zero-order valence-corrected chi connectivity index (χ0v) is 8.63. The molecule has 3 rings (SSSR count). The van der Waals surface area contributed by atoms with E-state index in [9.17, 15) is 0 Å². The molecular formula is C11H19NO2. The first kappa shape index (κ1) is 9.13. The quantitative estimate of drug-likeness (QED) is 0.678. The van der Waals surface area contributed by atoms with Crippen molar-refractivity contribution in [3.63, 3.8) is 0 Å². The molecule has 3 fully saturated rings. The van der Waals surface area contributed by atoms with Crippen LogP contribution in [-0.2, 0) is 9.47 Å². The molecule has 2 aliphatic heterocycles. The third-order valence-electron chi connectivity index (χ3n) is 3.86. The van der Waals surface area contributed by atoms with Crippen molar-refractivity contribution in [2.45, 2.75) is 37.3 Å². The largest absolute Gasteiger partial charge is 0.381 e. The van der Waals surface area contributed by atoms with E-state index in [2.05, 4.69) is 5.32 Å². The lowest BCUT2D eigenvalue weighted by molar-refractivity contribution is -0.151. The van der Waals surface area contributed by atoms with E-state index in [-0.39, 0.29) is 5.60 Å². The molecule has 0 bridgehead atoms. The van der Waals surface area contributed by atoms with Crippen molar-refractivity contribution in [2.24, 2.45) is 5.92 Å². The van der Waals surface area contributed by atoms with Crippen molar-refractivity contribution in [3.05, 3.63) is 0 Å². The molecule has 0 aromatic heterocycles. The van der Waals surface area contributed by atoms with Crippen molar-refractivity contribution in [1.29, 1.82) is 0 Å². The van der Waals surface area contributed by atoms with Crippen LogP contribution in [0.5, 0.6) is 0 Å². The van der Waals surface area contributed by atoms with Gasteiger partial charge in [0.25, 0.3) is 0 Å². The summed E-state index contributed by atoms with van der Waals surface area (Å²) in [6, 6.07) is 0.611. The molecule has 1 aliphatic carbocycles. The summed E-state index contributed by atoms with van der Waals surface area (Å²) in [5.74, 6) is 0.883. The highest BCUT2D eigenvalue weighted by Gasteiger charge is 2.49.